The van der Waals surface area contributed by atoms with Gasteiger partial charge in [0.25, 0.3) is 5.91 Å². The minimum absolute atomic E-state index is 0.0171. The Morgan fingerprint density at radius 1 is 1.60 bits per heavy atom. The molecular formula is C11H16F3N3O3. The number of rotatable bonds is 5. The summed E-state index contributed by atoms with van der Waals surface area (Å²) < 4.78 is 43.9. The third kappa shape index (κ3) is 3.94. The van der Waals surface area contributed by atoms with E-state index >= 15 is 0 Å². The van der Waals surface area contributed by atoms with Crippen molar-refractivity contribution in [2.75, 3.05) is 27.3 Å². The van der Waals surface area contributed by atoms with E-state index in [1.54, 1.807) is 0 Å². The van der Waals surface area contributed by atoms with Crippen molar-refractivity contribution in [3.63, 3.8) is 0 Å². The number of carbonyl (C=O) groups excluding carboxylic acids is 1. The first-order valence-electron chi connectivity index (χ1n) is 5.70. The van der Waals surface area contributed by atoms with Gasteiger partial charge < -0.3 is 14.7 Å². The maximum Gasteiger partial charge on any atom is 0.435 e. The van der Waals surface area contributed by atoms with Crippen LogP contribution in [0.3, 0.4) is 0 Å². The fourth-order valence-electron chi connectivity index (χ4n) is 1.70. The number of nitrogens with zero attached hydrogens (tertiary/aromatic N) is 3. The van der Waals surface area contributed by atoms with Gasteiger partial charge in [-0.2, -0.15) is 18.3 Å². The van der Waals surface area contributed by atoms with Crippen LogP contribution in [0.1, 0.15) is 16.1 Å². The topological polar surface area (TPSA) is 67.6 Å². The summed E-state index contributed by atoms with van der Waals surface area (Å²) >= 11 is 0. The summed E-state index contributed by atoms with van der Waals surface area (Å²) in [4.78, 5) is 13.0. The third-order valence-electron chi connectivity index (χ3n) is 2.52. The largest absolute Gasteiger partial charge is 0.435 e. The molecule has 0 aliphatic heterocycles. The number of aromatic nitrogens is 2. The van der Waals surface area contributed by atoms with Crippen molar-refractivity contribution in [2.45, 2.75) is 12.3 Å². The zero-order chi connectivity index (χ0) is 15.5. The Bertz CT molecular complexity index is 473. The lowest BCUT2D eigenvalue weighted by Crippen LogP contribution is -2.36. The van der Waals surface area contributed by atoms with E-state index in [0.29, 0.717) is 0 Å². The molecular weight excluding hydrogens is 279 g/mol. The van der Waals surface area contributed by atoms with E-state index in [4.69, 9.17) is 0 Å². The first-order valence-corrected chi connectivity index (χ1v) is 5.70. The maximum atomic E-state index is 12.8. The highest BCUT2D eigenvalue weighted by Gasteiger charge is 2.39. The highest BCUT2D eigenvalue weighted by Crippen LogP contribution is 2.31. The molecule has 0 aliphatic rings. The third-order valence-corrected chi connectivity index (χ3v) is 2.52. The standard InChI is InChI=1S/C11H16F3N3O3/c1-16(4-7(18)6-20-3)10(19)8-5-17(2)15-9(8)11(12,13)14/h5,7,18H,4,6H2,1-3H3. The Labute approximate surface area is 113 Å². The van der Waals surface area contributed by atoms with Crippen LogP contribution in [0, 0.1) is 0 Å². The zero-order valence-corrected chi connectivity index (χ0v) is 11.3. The van der Waals surface area contributed by atoms with Gasteiger partial charge >= 0.3 is 6.18 Å². The van der Waals surface area contributed by atoms with E-state index in [2.05, 4.69) is 9.84 Å². The van der Waals surface area contributed by atoms with Crippen molar-refractivity contribution >= 4 is 5.91 Å². The van der Waals surface area contributed by atoms with Crippen LogP contribution in [0.2, 0.25) is 0 Å². The van der Waals surface area contributed by atoms with E-state index < -0.39 is 29.4 Å². The highest BCUT2D eigenvalue weighted by molar-refractivity contribution is 5.95. The second kappa shape index (κ2) is 6.23. The molecule has 0 saturated carbocycles. The molecule has 1 N–H and O–H groups in total. The summed E-state index contributed by atoms with van der Waals surface area (Å²) in [5.74, 6) is -0.861. The summed E-state index contributed by atoms with van der Waals surface area (Å²) in [6.07, 6.45) is -4.68. The molecule has 0 aliphatic carbocycles. The Hall–Kier alpha value is -1.61. The van der Waals surface area contributed by atoms with Crippen molar-refractivity contribution in [3.05, 3.63) is 17.5 Å². The van der Waals surface area contributed by atoms with Crippen LogP contribution in [0.4, 0.5) is 13.2 Å². The van der Waals surface area contributed by atoms with E-state index in [-0.39, 0.29) is 13.2 Å². The Kier molecular flexibility index (Phi) is 5.12. The fourth-order valence-corrected chi connectivity index (χ4v) is 1.70. The number of methoxy groups -OCH3 is 1. The van der Waals surface area contributed by atoms with Crippen molar-refractivity contribution in [2.24, 2.45) is 7.05 Å². The summed E-state index contributed by atoms with van der Waals surface area (Å²) in [7, 11) is 3.97. The molecule has 114 valence electrons. The van der Waals surface area contributed by atoms with Crippen LogP contribution in [0.5, 0.6) is 0 Å². The molecule has 0 aromatic carbocycles. The van der Waals surface area contributed by atoms with Crippen molar-refractivity contribution in [1.82, 2.24) is 14.7 Å². The van der Waals surface area contributed by atoms with Gasteiger partial charge in [0.15, 0.2) is 5.69 Å². The average Bonchev–Trinajstić information content (AvgIpc) is 2.70. The molecule has 1 amide bonds. The average molecular weight is 295 g/mol. The molecule has 6 nitrogen and oxygen atoms in total. The minimum atomic E-state index is -4.71. The summed E-state index contributed by atoms with van der Waals surface area (Å²) in [5.41, 5.74) is -1.79. The van der Waals surface area contributed by atoms with Gasteiger partial charge in [-0.3, -0.25) is 9.48 Å². The number of carbonyl (C=O) groups is 1. The maximum absolute atomic E-state index is 12.8. The molecule has 0 saturated heterocycles. The molecule has 1 unspecified atom stereocenters. The SMILES string of the molecule is COCC(O)CN(C)C(=O)c1cn(C)nc1C(F)(F)F. The van der Waals surface area contributed by atoms with Gasteiger partial charge in [-0.25, -0.2) is 0 Å². The lowest BCUT2D eigenvalue weighted by atomic mass is 10.2. The first-order chi connectivity index (χ1) is 9.16. The van der Waals surface area contributed by atoms with Gasteiger partial charge in [-0.05, 0) is 0 Å². The van der Waals surface area contributed by atoms with Crippen molar-refractivity contribution in [3.8, 4) is 0 Å². The fraction of sp³-hybridized carbons (Fsp3) is 0.636. The van der Waals surface area contributed by atoms with Crippen LogP contribution in [0.15, 0.2) is 6.20 Å². The van der Waals surface area contributed by atoms with E-state index in [1.807, 2.05) is 0 Å². The van der Waals surface area contributed by atoms with Crippen LogP contribution in [-0.2, 0) is 18.0 Å². The van der Waals surface area contributed by atoms with Gasteiger partial charge in [0.2, 0.25) is 0 Å². The number of ether oxygens (including phenoxy) is 1. The van der Waals surface area contributed by atoms with Crippen LogP contribution in [-0.4, -0.2) is 59.1 Å². The normalized spacial score (nSPS) is 13.3. The van der Waals surface area contributed by atoms with Crippen LogP contribution in [0.25, 0.3) is 0 Å². The molecule has 1 rings (SSSR count). The number of likely N-dealkylation sites (N-methyl/N-ethyl adjacent to an activating group) is 1. The summed E-state index contributed by atoms with van der Waals surface area (Å²) in [5, 5.41) is 12.7. The highest BCUT2D eigenvalue weighted by atomic mass is 19.4. The molecule has 1 aromatic rings. The molecule has 9 heteroatoms. The zero-order valence-electron chi connectivity index (χ0n) is 11.3. The number of hydrogen-bond acceptors (Lipinski definition) is 4. The predicted octanol–water partition coefficient (Wildman–Crippen LogP) is 0.518. The summed E-state index contributed by atoms with van der Waals surface area (Å²) in [6.45, 7) is -0.157. The summed E-state index contributed by atoms with van der Waals surface area (Å²) in [6, 6.07) is 0. The number of aliphatic hydroxyl groups is 1. The molecule has 0 spiro atoms. The van der Waals surface area contributed by atoms with E-state index in [1.165, 1.54) is 21.2 Å². The molecule has 1 heterocycles. The predicted molar refractivity (Wildman–Crippen MR) is 63.1 cm³/mol. The number of amides is 1. The molecule has 20 heavy (non-hydrogen) atoms. The second-order valence-electron chi connectivity index (χ2n) is 4.36. The first kappa shape index (κ1) is 16.4. The Morgan fingerprint density at radius 2 is 2.20 bits per heavy atom. The van der Waals surface area contributed by atoms with Gasteiger partial charge in [0, 0.05) is 33.9 Å². The number of halogens is 3. The second-order valence-corrected chi connectivity index (χ2v) is 4.36. The van der Waals surface area contributed by atoms with Crippen molar-refractivity contribution < 1.29 is 27.8 Å². The lowest BCUT2D eigenvalue weighted by Gasteiger charge is -2.20. The smallest absolute Gasteiger partial charge is 0.389 e. The van der Waals surface area contributed by atoms with Gasteiger partial charge in [0.1, 0.15) is 0 Å². The van der Waals surface area contributed by atoms with Gasteiger partial charge in [0.05, 0.1) is 18.3 Å². The molecule has 0 fully saturated rings. The number of hydrogen-bond donors (Lipinski definition) is 1. The van der Waals surface area contributed by atoms with Crippen molar-refractivity contribution in [1.29, 1.82) is 0 Å². The number of aryl methyl sites for hydroxylation is 1. The van der Waals surface area contributed by atoms with E-state index in [0.717, 1.165) is 15.8 Å². The lowest BCUT2D eigenvalue weighted by molar-refractivity contribution is -0.141. The molecule has 1 atom stereocenters. The van der Waals surface area contributed by atoms with Gasteiger partial charge in [-0.15, -0.1) is 0 Å². The number of aliphatic hydroxyl groups excluding tert-OH is 1. The number of alkyl halides is 3. The molecule has 0 radical (unpaired) electrons. The van der Waals surface area contributed by atoms with Crippen LogP contribution >= 0.6 is 0 Å². The Morgan fingerprint density at radius 3 is 2.70 bits per heavy atom. The molecule has 0 bridgehead atoms. The Balaban J connectivity index is 2.92. The minimum Gasteiger partial charge on any atom is -0.389 e. The quantitative estimate of drug-likeness (QED) is 0.860. The van der Waals surface area contributed by atoms with Gasteiger partial charge in [-0.1, -0.05) is 0 Å². The monoisotopic (exact) mass is 295 g/mol. The van der Waals surface area contributed by atoms with Crippen LogP contribution < -0.4 is 0 Å². The molecule has 1 aromatic heterocycles. The van der Waals surface area contributed by atoms with E-state index in [9.17, 15) is 23.1 Å².